The van der Waals surface area contributed by atoms with Crippen molar-refractivity contribution in [3.63, 3.8) is 0 Å². The van der Waals surface area contributed by atoms with Gasteiger partial charge >= 0.3 is 0 Å². The number of ether oxygens (including phenoxy) is 2. The second-order valence-corrected chi connectivity index (χ2v) is 5.73. The molecule has 0 aliphatic heterocycles. The van der Waals surface area contributed by atoms with Gasteiger partial charge in [0.05, 0.1) is 17.8 Å². The molecule has 2 rings (SSSR count). The van der Waals surface area contributed by atoms with Crippen molar-refractivity contribution in [2.75, 3.05) is 13.7 Å². The predicted molar refractivity (Wildman–Crippen MR) is 99.6 cm³/mol. The molecule has 0 aliphatic carbocycles. The van der Waals surface area contributed by atoms with Crippen molar-refractivity contribution in [3.8, 4) is 17.2 Å². The van der Waals surface area contributed by atoms with E-state index >= 15 is 0 Å². The zero-order valence-electron chi connectivity index (χ0n) is 13.5. The number of hydrogen-bond donors (Lipinski definition) is 2. The summed E-state index contributed by atoms with van der Waals surface area (Å²) in [5, 5.41) is 13.3. The summed E-state index contributed by atoms with van der Waals surface area (Å²) in [6, 6.07) is 9.71. The number of amides is 1. The number of hydrazone groups is 1. The fraction of sp³-hybridized carbons (Fsp3) is 0.111. The first kappa shape index (κ1) is 18.5. The summed E-state index contributed by atoms with van der Waals surface area (Å²) in [5.74, 6) is 0.715. The number of carbonyl (C=O) groups is 1. The Labute approximate surface area is 153 Å². The normalized spacial score (nSPS) is 10.5. The van der Waals surface area contributed by atoms with Crippen LogP contribution >= 0.6 is 15.9 Å². The molecule has 0 spiro atoms. The highest BCUT2D eigenvalue weighted by atomic mass is 79.9. The highest BCUT2D eigenvalue weighted by Gasteiger charge is 2.10. The van der Waals surface area contributed by atoms with E-state index in [4.69, 9.17) is 9.47 Å². The molecule has 0 saturated carbocycles. The third-order valence-electron chi connectivity index (χ3n) is 3.13. The van der Waals surface area contributed by atoms with Crippen LogP contribution in [0.5, 0.6) is 17.2 Å². The Morgan fingerprint density at radius 1 is 1.32 bits per heavy atom. The summed E-state index contributed by atoms with van der Waals surface area (Å²) in [5.41, 5.74) is 3.54. The van der Waals surface area contributed by atoms with Gasteiger partial charge in [0.1, 0.15) is 12.4 Å². The Morgan fingerprint density at radius 3 is 2.80 bits per heavy atom. The van der Waals surface area contributed by atoms with Gasteiger partial charge in [0, 0.05) is 5.56 Å². The van der Waals surface area contributed by atoms with Gasteiger partial charge in [0.15, 0.2) is 11.5 Å². The minimum Gasteiger partial charge on any atom is -0.507 e. The number of phenolic OH excluding ortho intramolecular Hbond substituents is 1. The summed E-state index contributed by atoms with van der Waals surface area (Å²) in [7, 11) is 1.50. The van der Waals surface area contributed by atoms with E-state index in [0.29, 0.717) is 28.1 Å². The lowest BCUT2D eigenvalue weighted by atomic mass is 10.2. The molecule has 0 saturated heterocycles. The van der Waals surface area contributed by atoms with Crippen LogP contribution in [0.15, 0.2) is 58.6 Å². The minimum atomic E-state index is -0.386. The second-order valence-electron chi connectivity index (χ2n) is 4.88. The van der Waals surface area contributed by atoms with Gasteiger partial charge in [-0.05, 0) is 57.9 Å². The Bertz CT molecular complexity index is 806. The average molecular weight is 405 g/mol. The number of carbonyl (C=O) groups excluding carboxylic acids is 1. The first-order chi connectivity index (χ1) is 12.0. The van der Waals surface area contributed by atoms with Crippen LogP contribution in [0.2, 0.25) is 0 Å². The average Bonchev–Trinajstić information content (AvgIpc) is 2.62. The molecule has 0 fully saturated rings. The fourth-order valence-electron chi connectivity index (χ4n) is 1.91. The van der Waals surface area contributed by atoms with Gasteiger partial charge in [-0.1, -0.05) is 12.7 Å². The molecule has 7 heteroatoms. The molecule has 0 atom stereocenters. The largest absolute Gasteiger partial charge is 0.507 e. The maximum absolute atomic E-state index is 12.2. The second kappa shape index (κ2) is 8.89. The van der Waals surface area contributed by atoms with Crippen molar-refractivity contribution in [3.05, 3.63) is 64.7 Å². The van der Waals surface area contributed by atoms with E-state index in [9.17, 15) is 9.90 Å². The molecule has 0 heterocycles. The number of methoxy groups -OCH3 is 1. The maximum atomic E-state index is 12.2. The van der Waals surface area contributed by atoms with Crippen molar-refractivity contribution >= 4 is 28.1 Å². The van der Waals surface area contributed by atoms with Crippen LogP contribution < -0.4 is 14.9 Å². The zero-order valence-corrected chi connectivity index (χ0v) is 15.1. The highest BCUT2D eigenvalue weighted by Crippen LogP contribution is 2.28. The van der Waals surface area contributed by atoms with Gasteiger partial charge in [-0.3, -0.25) is 4.79 Å². The lowest BCUT2D eigenvalue weighted by Gasteiger charge is -2.10. The van der Waals surface area contributed by atoms with Crippen LogP contribution in [-0.4, -0.2) is 30.9 Å². The molecule has 6 nitrogen and oxygen atoms in total. The number of nitrogens with zero attached hydrogens (tertiary/aromatic N) is 1. The van der Waals surface area contributed by atoms with Crippen molar-refractivity contribution in [1.82, 2.24) is 5.43 Å². The molecule has 2 aromatic rings. The van der Waals surface area contributed by atoms with Gasteiger partial charge in [-0.2, -0.15) is 5.10 Å². The van der Waals surface area contributed by atoms with Gasteiger partial charge in [-0.15, -0.1) is 0 Å². The monoisotopic (exact) mass is 404 g/mol. The number of aromatic hydroxyl groups is 1. The molecule has 25 heavy (non-hydrogen) atoms. The van der Waals surface area contributed by atoms with E-state index < -0.39 is 0 Å². The van der Waals surface area contributed by atoms with Gasteiger partial charge < -0.3 is 14.6 Å². The molecule has 0 unspecified atom stereocenters. The molecular weight excluding hydrogens is 388 g/mol. The number of phenols is 1. The quantitative estimate of drug-likeness (QED) is 0.420. The summed E-state index contributed by atoms with van der Waals surface area (Å²) in [6.45, 7) is 3.92. The van der Waals surface area contributed by atoms with Crippen molar-refractivity contribution in [2.45, 2.75) is 0 Å². The number of nitrogens with one attached hydrogen (secondary N) is 1. The van der Waals surface area contributed by atoms with E-state index in [1.54, 1.807) is 36.4 Å². The topological polar surface area (TPSA) is 80.2 Å². The first-order valence-electron chi connectivity index (χ1n) is 7.28. The molecule has 2 N–H and O–H groups in total. The maximum Gasteiger partial charge on any atom is 0.271 e. The zero-order chi connectivity index (χ0) is 18.2. The summed E-state index contributed by atoms with van der Waals surface area (Å²) in [4.78, 5) is 12.2. The van der Waals surface area contributed by atoms with Crippen molar-refractivity contribution in [2.24, 2.45) is 5.10 Å². The molecule has 0 radical (unpaired) electrons. The van der Waals surface area contributed by atoms with Crippen LogP contribution in [-0.2, 0) is 0 Å². The van der Waals surface area contributed by atoms with E-state index in [0.717, 1.165) is 5.56 Å². The highest BCUT2D eigenvalue weighted by molar-refractivity contribution is 9.10. The van der Waals surface area contributed by atoms with Gasteiger partial charge in [-0.25, -0.2) is 5.43 Å². The van der Waals surface area contributed by atoms with Crippen LogP contribution in [0.3, 0.4) is 0 Å². The summed E-state index contributed by atoms with van der Waals surface area (Å²) in [6.07, 6.45) is 3.09. The van der Waals surface area contributed by atoms with Crippen LogP contribution in [0.4, 0.5) is 0 Å². The minimum absolute atomic E-state index is 0.132. The van der Waals surface area contributed by atoms with E-state index in [1.165, 1.54) is 19.4 Å². The fourth-order valence-corrected chi connectivity index (χ4v) is 2.31. The summed E-state index contributed by atoms with van der Waals surface area (Å²) < 4.78 is 11.2. The van der Waals surface area contributed by atoms with Crippen LogP contribution in [0.25, 0.3) is 0 Å². The Morgan fingerprint density at radius 2 is 2.12 bits per heavy atom. The Balaban J connectivity index is 2.05. The van der Waals surface area contributed by atoms with Gasteiger partial charge in [0.25, 0.3) is 5.91 Å². The van der Waals surface area contributed by atoms with Crippen LogP contribution in [0, 0.1) is 0 Å². The molecule has 130 valence electrons. The molecular formula is C18H17BrN2O4. The predicted octanol–water partition coefficient (Wildman–Crippen LogP) is 3.49. The smallest absolute Gasteiger partial charge is 0.271 e. The number of benzene rings is 2. The molecule has 0 bridgehead atoms. The third-order valence-corrected chi connectivity index (χ3v) is 3.77. The molecule has 1 amide bonds. The SMILES string of the molecule is C=CCOc1ccc(C(=O)N/N=C/c2ccc(O)c(Br)c2)cc1OC. The number of rotatable bonds is 7. The third kappa shape index (κ3) is 5.09. The number of halogens is 1. The van der Waals surface area contributed by atoms with E-state index in [-0.39, 0.29) is 11.7 Å². The molecule has 0 aromatic heterocycles. The standard InChI is InChI=1S/C18H17BrN2O4/c1-3-8-25-16-7-5-13(10-17(16)24-2)18(23)21-20-11-12-4-6-15(22)14(19)9-12/h3-7,9-11,22H,1,8H2,2H3,(H,21,23)/b20-11+. The summed E-state index contributed by atoms with van der Waals surface area (Å²) >= 11 is 3.21. The Kier molecular flexibility index (Phi) is 6.59. The molecule has 0 aliphatic rings. The number of hydrogen-bond acceptors (Lipinski definition) is 5. The van der Waals surface area contributed by atoms with Gasteiger partial charge in [0.2, 0.25) is 0 Å². The van der Waals surface area contributed by atoms with E-state index in [2.05, 4.69) is 33.0 Å². The Hall–Kier alpha value is -2.80. The molecule has 2 aromatic carbocycles. The first-order valence-corrected chi connectivity index (χ1v) is 8.08. The lowest BCUT2D eigenvalue weighted by Crippen LogP contribution is -2.17. The van der Waals surface area contributed by atoms with Crippen molar-refractivity contribution < 1.29 is 19.4 Å². The van der Waals surface area contributed by atoms with Crippen molar-refractivity contribution in [1.29, 1.82) is 0 Å². The van der Waals surface area contributed by atoms with Crippen LogP contribution in [0.1, 0.15) is 15.9 Å². The lowest BCUT2D eigenvalue weighted by molar-refractivity contribution is 0.0954. The van der Waals surface area contributed by atoms with E-state index in [1.807, 2.05) is 0 Å².